The molecule has 1 aromatic rings. The first-order valence-corrected chi connectivity index (χ1v) is 14.1. The van der Waals surface area contributed by atoms with Crippen molar-refractivity contribution in [2.45, 2.75) is 89.6 Å². The predicted octanol–water partition coefficient (Wildman–Crippen LogP) is 5.03. The number of esters is 1. The molecule has 0 aromatic heterocycles. The number of benzene rings is 1. The van der Waals surface area contributed by atoms with E-state index in [0.717, 1.165) is 42.4 Å². The predicted molar refractivity (Wildman–Crippen MR) is 119 cm³/mol. The van der Waals surface area contributed by atoms with Crippen molar-refractivity contribution in [3.05, 3.63) is 29.3 Å². The number of aldehydes is 1. The molecule has 1 heterocycles. The van der Waals surface area contributed by atoms with Gasteiger partial charge in [-0.15, -0.1) is 0 Å². The Labute approximate surface area is 181 Å². The quantitative estimate of drug-likeness (QED) is 0.328. The molecule has 4 atom stereocenters. The van der Waals surface area contributed by atoms with E-state index in [1.54, 1.807) is 0 Å². The topological polar surface area (TPSA) is 61.8 Å². The zero-order valence-electron chi connectivity index (χ0n) is 19.2. The van der Waals surface area contributed by atoms with Gasteiger partial charge in [-0.05, 0) is 43.5 Å². The number of aryl methyl sites for hydroxylation is 1. The van der Waals surface area contributed by atoms with Gasteiger partial charge in [0, 0.05) is 24.3 Å². The summed E-state index contributed by atoms with van der Waals surface area (Å²) in [5, 5.41) is 0.100. The third-order valence-corrected chi connectivity index (χ3v) is 11.5. The Hall–Kier alpha value is -1.66. The normalized spacial score (nSPS) is 25.4. The van der Waals surface area contributed by atoms with Crippen molar-refractivity contribution in [3.63, 3.8) is 0 Å². The minimum Gasteiger partial charge on any atom is -0.489 e. The summed E-state index contributed by atoms with van der Waals surface area (Å²) < 4.78 is 18.0. The molecule has 0 saturated heterocycles. The first-order chi connectivity index (χ1) is 14.1. The number of rotatable bonds is 8. The highest BCUT2D eigenvalue weighted by molar-refractivity contribution is 6.74. The second kappa shape index (κ2) is 8.83. The molecule has 0 spiro atoms. The van der Waals surface area contributed by atoms with E-state index in [1.807, 2.05) is 13.0 Å². The molecule has 2 aliphatic rings. The zero-order valence-corrected chi connectivity index (χ0v) is 20.2. The van der Waals surface area contributed by atoms with Gasteiger partial charge in [-0.1, -0.05) is 39.0 Å². The molecule has 3 rings (SSSR count). The standard InChI is InChI=1S/C24H36O5Si/c1-7-27-21(26)13-9-11-16-10-8-12-17-22-18(15-25)19(14-20(22)28-23(16)17)29-30(5,6)24(2,3)4/h8,10,12,15,18-20,22H,7,9,11,13-14H2,1-6H3/t18-,19?,20-,22+/m0/s1. The van der Waals surface area contributed by atoms with Gasteiger partial charge in [-0.3, -0.25) is 4.79 Å². The van der Waals surface area contributed by atoms with Crippen LogP contribution in [0.4, 0.5) is 0 Å². The Balaban J connectivity index is 1.74. The maximum atomic E-state index is 12.1. The van der Waals surface area contributed by atoms with Gasteiger partial charge in [-0.2, -0.15) is 0 Å². The fourth-order valence-corrected chi connectivity index (χ4v) is 5.77. The Kier molecular flexibility index (Phi) is 6.77. The lowest BCUT2D eigenvalue weighted by Crippen LogP contribution is -2.45. The molecule has 5 nitrogen and oxygen atoms in total. The fraction of sp³-hybridized carbons (Fsp3) is 0.667. The third-order valence-electron chi connectivity index (χ3n) is 7.01. The smallest absolute Gasteiger partial charge is 0.305 e. The SMILES string of the molecule is CCOC(=O)CCCc1cccc2c1O[C@H]1CC(O[Si](C)(C)C(C)(C)C)[C@H](C=O)[C@@H]21. The maximum Gasteiger partial charge on any atom is 0.305 e. The number of fused-ring (bicyclic) bond motifs is 3. The van der Waals surface area contributed by atoms with E-state index in [-0.39, 0.29) is 35.1 Å². The van der Waals surface area contributed by atoms with Crippen molar-refractivity contribution in [3.8, 4) is 5.75 Å². The van der Waals surface area contributed by atoms with Crippen molar-refractivity contribution >= 4 is 20.6 Å². The van der Waals surface area contributed by atoms with Crippen molar-refractivity contribution in [1.82, 2.24) is 0 Å². The zero-order chi connectivity index (χ0) is 22.1. The molecule has 0 radical (unpaired) electrons. The number of carbonyl (C=O) groups is 2. The van der Waals surface area contributed by atoms with Crippen LogP contribution in [0.25, 0.3) is 0 Å². The number of hydrogen-bond acceptors (Lipinski definition) is 5. The molecule has 30 heavy (non-hydrogen) atoms. The Morgan fingerprint density at radius 3 is 2.67 bits per heavy atom. The largest absolute Gasteiger partial charge is 0.489 e. The van der Waals surface area contributed by atoms with Crippen molar-refractivity contribution in [2.24, 2.45) is 5.92 Å². The average molecular weight is 433 g/mol. The molecule has 0 bridgehead atoms. The van der Waals surface area contributed by atoms with Crippen LogP contribution < -0.4 is 4.74 Å². The molecule has 1 aliphatic heterocycles. The van der Waals surface area contributed by atoms with E-state index in [9.17, 15) is 9.59 Å². The summed E-state index contributed by atoms with van der Waals surface area (Å²) in [4.78, 5) is 23.8. The van der Waals surface area contributed by atoms with E-state index in [4.69, 9.17) is 13.9 Å². The van der Waals surface area contributed by atoms with Crippen LogP contribution in [0.1, 0.15) is 64.0 Å². The molecular formula is C24H36O5Si. The molecular weight excluding hydrogens is 396 g/mol. The van der Waals surface area contributed by atoms with Gasteiger partial charge in [0.25, 0.3) is 0 Å². The van der Waals surface area contributed by atoms with Crippen molar-refractivity contribution < 1.29 is 23.5 Å². The van der Waals surface area contributed by atoms with Crippen LogP contribution in [0.3, 0.4) is 0 Å². The summed E-state index contributed by atoms with van der Waals surface area (Å²) in [5.74, 6) is 0.626. The number of hydrogen-bond donors (Lipinski definition) is 0. The Morgan fingerprint density at radius 1 is 1.30 bits per heavy atom. The summed E-state index contributed by atoms with van der Waals surface area (Å²) in [7, 11) is -1.97. The molecule has 166 valence electrons. The average Bonchev–Trinajstić information content (AvgIpc) is 3.16. The molecule has 1 unspecified atom stereocenters. The summed E-state index contributed by atoms with van der Waals surface area (Å²) in [6.45, 7) is 13.4. The van der Waals surface area contributed by atoms with Crippen LogP contribution in [-0.2, 0) is 25.2 Å². The van der Waals surface area contributed by atoms with Crippen LogP contribution in [0.15, 0.2) is 18.2 Å². The summed E-state index contributed by atoms with van der Waals surface area (Å²) >= 11 is 0. The molecule has 1 fully saturated rings. The molecule has 1 aliphatic carbocycles. The second-order valence-corrected chi connectivity index (χ2v) is 14.8. The Bertz CT molecular complexity index is 782. The van der Waals surface area contributed by atoms with Gasteiger partial charge in [0.2, 0.25) is 0 Å². The van der Waals surface area contributed by atoms with Crippen molar-refractivity contribution in [2.75, 3.05) is 6.61 Å². The third kappa shape index (κ3) is 4.49. The first-order valence-electron chi connectivity index (χ1n) is 11.2. The summed E-state index contributed by atoms with van der Waals surface area (Å²) in [6, 6.07) is 6.18. The highest BCUT2D eigenvalue weighted by atomic mass is 28.4. The monoisotopic (exact) mass is 432 g/mol. The van der Waals surface area contributed by atoms with Gasteiger partial charge >= 0.3 is 5.97 Å². The van der Waals surface area contributed by atoms with Gasteiger partial charge < -0.3 is 18.7 Å². The van der Waals surface area contributed by atoms with E-state index in [0.29, 0.717) is 13.0 Å². The molecule has 6 heteroatoms. The van der Waals surface area contributed by atoms with Gasteiger partial charge in [0.1, 0.15) is 18.1 Å². The molecule has 0 N–H and O–H groups in total. The summed E-state index contributed by atoms with van der Waals surface area (Å²) in [6.07, 6.45) is 3.62. The van der Waals surface area contributed by atoms with Gasteiger partial charge in [0.15, 0.2) is 8.32 Å². The number of carbonyl (C=O) groups excluding carboxylic acids is 2. The highest BCUT2D eigenvalue weighted by Crippen LogP contribution is 2.53. The fourth-order valence-electron chi connectivity index (χ4n) is 4.41. The number of ether oxygens (including phenoxy) is 2. The number of para-hydroxylation sites is 1. The van der Waals surface area contributed by atoms with Gasteiger partial charge in [-0.25, -0.2) is 0 Å². The van der Waals surface area contributed by atoms with Crippen molar-refractivity contribution in [1.29, 1.82) is 0 Å². The maximum absolute atomic E-state index is 12.1. The van der Waals surface area contributed by atoms with E-state index < -0.39 is 8.32 Å². The van der Waals surface area contributed by atoms with E-state index in [1.165, 1.54) is 0 Å². The molecule has 1 aromatic carbocycles. The first kappa shape index (κ1) is 23.0. The second-order valence-electron chi connectivity index (χ2n) is 10.0. The lowest BCUT2D eigenvalue weighted by Gasteiger charge is -2.39. The lowest BCUT2D eigenvalue weighted by atomic mass is 9.88. The lowest BCUT2D eigenvalue weighted by molar-refractivity contribution is -0.143. The molecule has 1 saturated carbocycles. The Morgan fingerprint density at radius 2 is 2.03 bits per heavy atom. The van der Waals surface area contributed by atoms with Gasteiger partial charge in [0.05, 0.1) is 18.6 Å². The van der Waals surface area contributed by atoms with Crippen LogP contribution in [0, 0.1) is 5.92 Å². The molecule has 0 amide bonds. The minimum absolute atomic E-state index is 0.0174. The van der Waals surface area contributed by atoms with Crippen LogP contribution in [0.2, 0.25) is 18.1 Å². The minimum atomic E-state index is -1.97. The van der Waals surface area contributed by atoms with Crippen LogP contribution >= 0.6 is 0 Å². The van der Waals surface area contributed by atoms with E-state index in [2.05, 4.69) is 46.0 Å². The summed E-state index contributed by atoms with van der Waals surface area (Å²) in [5.41, 5.74) is 2.23. The van der Waals surface area contributed by atoms with Crippen LogP contribution in [-0.4, -0.2) is 39.4 Å². The highest BCUT2D eigenvalue weighted by Gasteiger charge is 2.53. The van der Waals surface area contributed by atoms with Crippen LogP contribution in [0.5, 0.6) is 5.75 Å². The van der Waals surface area contributed by atoms with E-state index >= 15 is 0 Å².